The summed E-state index contributed by atoms with van der Waals surface area (Å²) < 4.78 is 24.5. The number of nitrogens with zero attached hydrogens (tertiary/aromatic N) is 2. The molecule has 6 nitrogen and oxygen atoms in total. The first kappa shape index (κ1) is 17.2. The van der Waals surface area contributed by atoms with Gasteiger partial charge in [0.2, 0.25) is 0 Å². The quantitative estimate of drug-likeness (QED) is 0.754. The third kappa shape index (κ3) is 3.42. The monoisotopic (exact) mass is 376 g/mol. The number of hydrogen-bond donors (Lipinski definition) is 1. The first-order valence-electron chi connectivity index (χ1n) is 7.16. The van der Waals surface area contributed by atoms with Gasteiger partial charge in [-0.15, -0.1) is 0 Å². The van der Waals surface area contributed by atoms with Crippen LogP contribution in [0.15, 0.2) is 59.6 Å². The summed E-state index contributed by atoms with van der Waals surface area (Å²) in [6, 6.07) is 12.8. The lowest BCUT2D eigenvalue weighted by atomic mass is 10.1. The molecule has 3 rings (SSSR count). The number of aromatic carboxylic acids is 1. The Labute approximate surface area is 149 Å². The van der Waals surface area contributed by atoms with Gasteiger partial charge in [0, 0.05) is 18.0 Å². The fraction of sp³-hybridized carbons (Fsp3) is 0.0588. The molecular formula is C17H13ClN2O4S. The lowest BCUT2D eigenvalue weighted by molar-refractivity contribution is 0.0697. The SMILES string of the molecule is CS(=O)(=O)c1ccc(-c2nn(-c3ccccc3Cl)cc2C(=O)O)cc1. The van der Waals surface area contributed by atoms with Crippen LogP contribution in [0, 0.1) is 0 Å². The molecule has 0 amide bonds. The molecular weight excluding hydrogens is 364 g/mol. The largest absolute Gasteiger partial charge is 0.478 e. The fourth-order valence-electron chi connectivity index (χ4n) is 2.36. The van der Waals surface area contributed by atoms with E-state index in [1.54, 1.807) is 24.3 Å². The van der Waals surface area contributed by atoms with Gasteiger partial charge in [-0.3, -0.25) is 0 Å². The van der Waals surface area contributed by atoms with E-state index in [0.29, 0.717) is 16.3 Å². The molecule has 0 fully saturated rings. The second-order valence-electron chi connectivity index (χ2n) is 5.39. The molecule has 128 valence electrons. The van der Waals surface area contributed by atoms with Gasteiger partial charge in [-0.1, -0.05) is 35.9 Å². The van der Waals surface area contributed by atoms with Gasteiger partial charge in [0.15, 0.2) is 9.84 Å². The van der Waals surface area contributed by atoms with Crippen molar-refractivity contribution in [2.45, 2.75) is 4.90 Å². The predicted molar refractivity (Wildman–Crippen MR) is 94.1 cm³/mol. The van der Waals surface area contributed by atoms with Crippen molar-refractivity contribution >= 4 is 27.4 Å². The summed E-state index contributed by atoms with van der Waals surface area (Å²) in [6.07, 6.45) is 2.49. The average Bonchev–Trinajstić information content (AvgIpc) is 3.00. The zero-order valence-electron chi connectivity index (χ0n) is 13.0. The highest BCUT2D eigenvalue weighted by Gasteiger charge is 2.19. The van der Waals surface area contributed by atoms with Crippen molar-refractivity contribution < 1.29 is 18.3 Å². The predicted octanol–water partition coefficient (Wildman–Crippen LogP) is 3.29. The van der Waals surface area contributed by atoms with Gasteiger partial charge < -0.3 is 5.11 Å². The van der Waals surface area contributed by atoms with Gasteiger partial charge in [-0.25, -0.2) is 17.9 Å². The molecule has 0 aliphatic rings. The maximum absolute atomic E-state index is 11.6. The Balaban J connectivity index is 2.13. The highest BCUT2D eigenvalue weighted by atomic mass is 35.5. The van der Waals surface area contributed by atoms with Crippen molar-refractivity contribution in [2.24, 2.45) is 0 Å². The van der Waals surface area contributed by atoms with Crippen molar-refractivity contribution in [2.75, 3.05) is 6.26 Å². The van der Waals surface area contributed by atoms with E-state index in [-0.39, 0.29) is 16.2 Å². The van der Waals surface area contributed by atoms with Crippen LogP contribution in [0.1, 0.15) is 10.4 Å². The number of halogens is 1. The minimum Gasteiger partial charge on any atom is -0.478 e. The van der Waals surface area contributed by atoms with Crippen LogP contribution < -0.4 is 0 Å². The van der Waals surface area contributed by atoms with E-state index in [0.717, 1.165) is 6.26 Å². The molecule has 25 heavy (non-hydrogen) atoms. The van der Waals surface area contributed by atoms with Gasteiger partial charge in [-0.2, -0.15) is 5.10 Å². The van der Waals surface area contributed by atoms with Gasteiger partial charge >= 0.3 is 5.97 Å². The fourth-order valence-corrected chi connectivity index (χ4v) is 3.22. The highest BCUT2D eigenvalue weighted by molar-refractivity contribution is 7.90. The van der Waals surface area contributed by atoms with E-state index in [4.69, 9.17) is 11.6 Å². The van der Waals surface area contributed by atoms with Gasteiger partial charge in [0.1, 0.15) is 11.3 Å². The van der Waals surface area contributed by atoms with Crippen molar-refractivity contribution in [3.05, 3.63) is 65.3 Å². The van der Waals surface area contributed by atoms with Crippen LogP contribution in [0.5, 0.6) is 0 Å². The van der Waals surface area contributed by atoms with E-state index < -0.39 is 15.8 Å². The van der Waals surface area contributed by atoms with Gasteiger partial charge in [0.25, 0.3) is 0 Å². The number of aromatic nitrogens is 2. The lowest BCUT2D eigenvalue weighted by Gasteiger charge is -2.03. The molecule has 0 bridgehead atoms. The minimum atomic E-state index is -3.33. The molecule has 0 radical (unpaired) electrons. The second-order valence-corrected chi connectivity index (χ2v) is 7.81. The Kier molecular flexibility index (Phi) is 4.36. The molecule has 0 spiro atoms. The molecule has 1 N–H and O–H groups in total. The molecule has 3 aromatic rings. The van der Waals surface area contributed by atoms with E-state index in [1.165, 1.54) is 35.1 Å². The molecule has 0 saturated carbocycles. The average molecular weight is 377 g/mol. The second kappa shape index (κ2) is 6.34. The third-order valence-electron chi connectivity index (χ3n) is 3.60. The lowest BCUT2D eigenvalue weighted by Crippen LogP contribution is -1.98. The Hall–Kier alpha value is -2.64. The summed E-state index contributed by atoms with van der Waals surface area (Å²) in [6.45, 7) is 0. The Morgan fingerprint density at radius 1 is 1.12 bits per heavy atom. The number of carboxylic acids is 1. The summed E-state index contributed by atoms with van der Waals surface area (Å²) in [5.74, 6) is -1.14. The summed E-state index contributed by atoms with van der Waals surface area (Å²) in [7, 11) is -3.33. The summed E-state index contributed by atoms with van der Waals surface area (Å²) in [5, 5.41) is 14.2. The maximum atomic E-state index is 11.6. The number of benzene rings is 2. The Morgan fingerprint density at radius 3 is 2.32 bits per heavy atom. The van der Waals surface area contributed by atoms with Crippen LogP contribution in [0.25, 0.3) is 16.9 Å². The van der Waals surface area contributed by atoms with Crippen molar-refractivity contribution in [1.29, 1.82) is 0 Å². The molecule has 0 atom stereocenters. The molecule has 2 aromatic carbocycles. The zero-order valence-corrected chi connectivity index (χ0v) is 14.6. The van der Waals surface area contributed by atoms with Gasteiger partial charge in [0.05, 0.1) is 15.6 Å². The van der Waals surface area contributed by atoms with Crippen LogP contribution in [0.4, 0.5) is 0 Å². The van der Waals surface area contributed by atoms with E-state index in [2.05, 4.69) is 5.10 Å². The zero-order chi connectivity index (χ0) is 18.2. The number of sulfone groups is 1. The molecule has 8 heteroatoms. The first-order chi connectivity index (χ1) is 11.8. The molecule has 0 saturated heterocycles. The highest BCUT2D eigenvalue weighted by Crippen LogP contribution is 2.27. The van der Waals surface area contributed by atoms with E-state index >= 15 is 0 Å². The summed E-state index contributed by atoms with van der Waals surface area (Å²) in [4.78, 5) is 11.7. The van der Waals surface area contributed by atoms with Crippen molar-refractivity contribution in [1.82, 2.24) is 9.78 Å². The molecule has 0 aliphatic heterocycles. The third-order valence-corrected chi connectivity index (χ3v) is 5.05. The van der Waals surface area contributed by atoms with Crippen LogP contribution in [0.3, 0.4) is 0 Å². The normalized spacial score (nSPS) is 11.4. The van der Waals surface area contributed by atoms with Crippen molar-refractivity contribution in [3.63, 3.8) is 0 Å². The number of hydrogen-bond acceptors (Lipinski definition) is 4. The number of para-hydroxylation sites is 1. The Bertz CT molecular complexity index is 1060. The summed E-state index contributed by atoms with van der Waals surface area (Å²) >= 11 is 6.14. The molecule has 0 unspecified atom stereocenters. The standard InChI is InChI=1S/C17H13ClN2O4S/c1-25(23,24)12-8-6-11(7-9-12)16-13(17(21)22)10-20(19-16)15-5-3-2-4-14(15)18/h2-10H,1H3,(H,21,22). The van der Waals surface area contributed by atoms with Crippen LogP contribution in [0.2, 0.25) is 5.02 Å². The first-order valence-corrected chi connectivity index (χ1v) is 9.42. The maximum Gasteiger partial charge on any atom is 0.339 e. The molecule has 0 aliphatic carbocycles. The van der Waals surface area contributed by atoms with E-state index in [1.807, 2.05) is 0 Å². The Morgan fingerprint density at radius 2 is 1.76 bits per heavy atom. The number of carboxylic acid groups (broad SMARTS) is 1. The smallest absolute Gasteiger partial charge is 0.339 e. The van der Waals surface area contributed by atoms with Crippen molar-refractivity contribution in [3.8, 4) is 16.9 Å². The summed E-state index contributed by atoms with van der Waals surface area (Å²) in [5.41, 5.74) is 1.26. The van der Waals surface area contributed by atoms with Crippen LogP contribution >= 0.6 is 11.6 Å². The van der Waals surface area contributed by atoms with Gasteiger partial charge in [-0.05, 0) is 24.3 Å². The number of carbonyl (C=O) groups is 1. The topological polar surface area (TPSA) is 89.3 Å². The van der Waals surface area contributed by atoms with E-state index in [9.17, 15) is 18.3 Å². The minimum absolute atomic E-state index is 0.00738. The van der Waals surface area contributed by atoms with Crippen LogP contribution in [-0.2, 0) is 9.84 Å². The molecule has 1 heterocycles. The van der Waals surface area contributed by atoms with Crippen LogP contribution in [-0.4, -0.2) is 35.5 Å². The molecule has 1 aromatic heterocycles. The number of rotatable bonds is 4.